The molecule has 24 heavy (non-hydrogen) atoms. The van der Waals surface area contributed by atoms with E-state index in [1.807, 2.05) is 13.8 Å². The van der Waals surface area contributed by atoms with E-state index in [1.165, 1.54) is 23.5 Å². The number of carbonyl (C=O) groups is 2. The molecule has 1 aromatic carbocycles. The van der Waals surface area contributed by atoms with Crippen LogP contribution in [-0.2, 0) is 19.4 Å². The number of hydrogen-bond acceptors (Lipinski definition) is 6. The number of sulfone groups is 1. The quantitative estimate of drug-likeness (QED) is 0.556. The molecule has 0 saturated heterocycles. The maximum atomic E-state index is 12.1. The van der Waals surface area contributed by atoms with E-state index in [1.54, 1.807) is 24.3 Å². The number of rotatable bonds is 7. The number of hydrogen-bond donors (Lipinski definition) is 0. The van der Waals surface area contributed by atoms with Gasteiger partial charge in [-0.3, -0.25) is 9.59 Å². The molecule has 1 heterocycles. The number of aryl methyl sites for hydroxylation is 2. The molecule has 1 aromatic heterocycles. The van der Waals surface area contributed by atoms with Gasteiger partial charge in [-0.1, -0.05) is 18.2 Å². The lowest BCUT2D eigenvalue weighted by Gasteiger charge is -2.05. The summed E-state index contributed by atoms with van der Waals surface area (Å²) in [7, 11) is -3.53. The Bertz CT molecular complexity index is 835. The Hall–Kier alpha value is -1.99. The van der Waals surface area contributed by atoms with Crippen molar-refractivity contribution in [2.45, 2.75) is 25.2 Å². The first-order chi connectivity index (χ1) is 11.3. The third-order valence-electron chi connectivity index (χ3n) is 3.38. The molecule has 0 bridgehead atoms. The molecule has 2 aromatic rings. The Labute approximate surface area is 145 Å². The first-order valence-electron chi connectivity index (χ1n) is 7.33. The molecule has 0 radical (unpaired) electrons. The molecule has 0 spiro atoms. The summed E-state index contributed by atoms with van der Waals surface area (Å²) in [6.45, 7) is 3.36. The van der Waals surface area contributed by atoms with Crippen molar-refractivity contribution in [3.05, 3.63) is 51.7 Å². The van der Waals surface area contributed by atoms with E-state index in [0.29, 0.717) is 5.56 Å². The number of benzene rings is 1. The van der Waals surface area contributed by atoms with Gasteiger partial charge in [-0.25, -0.2) is 8.42 Å². The summed E-state index contributed by atoms with van der Waals surface area (Å²) in [5.74, 6) is -1.33. The Morgan fingerprint density at radius 3 is 2.38 bits per heavy atom. The number of ketones is 1. The van der Waals surface area contributed by atoms with Gasteiger partial charge in [-0.15, -0.1) is 11.3 Å². The smallest absolute Gasteiger partial charge is 0.307 e. The molecule has 0 aliphatic carbocycles. The van der Waals surface area contributed by atoms with Gasteiger partial charge in [-0.05, 0) is 32.0 Å². The molecular weight excluding hydrogens is 348 g/mol. The molecule has 0 fully saturated rings. The number of esters is 1. The fourth-order valence-electron chi connectivity index (χ4n) is 2.17. The third kappa shape index (κ3) is 4.75. The predicted octanol–water partition coefficient (Wildman–Crippen LogP) is 2.95. The molecule has 0 saturated carbocycles. The zero-order chi connectivity index (χ0) is 17.7. The summed E-state index contributed by atoms with van der Waals surface area (Å²) >= 11 is 1.50. The molecule has 0 unspecified atom stereocenters. The molecule has 2 rings (SSSR count). The molecule has 0 N–H and O–H groups in total. The predicted molar refractivity (Wildman–Crippen MR) is 92.2 cm³/mol. The highest BCUT2D eigenvalue weighted by Gasteiger charge is 2.18. The van der Waals surface area contributed by atoms with Crippen LogP contribution in [0.25, 0.3) is 0 Å². The van der Waals surface area contributed by atoms with Crippen LogP contribution in [0.3, 0.4) is 0 Å². The Morgan fingerprint density at radius 1 is 1.12 bits per heavy atom. The summed E-state index contributed by atoms with van der Waals surface area (Å²) in [5.41, 5.74) is 0.544. The van der Waals surface area contributed by atoms with Gasteiger partial charge in [0, 0.05) is 15.3 Å². The standard InChI is InChI=1S/C17H18O5S2/c1-12-10-15(13(2)23-12)16(18)11-22-17(19)8-9-24(20,21)14-6-4-3-5-7-14/h3-7,10H,8-9,11H2,1-2H3. The number of thiophene rings is 1. The zero-order valence-electron chi connectivity index (χ0n) is 13.4. The Balaban J connectivity index is 1.86. The van der Waals surface area contributed by atoms with Crippen molar-refractivity contribution in [1.82, 2.24) is 0 Å². The van der Waals surface area contributed by atoms with Crippen LogP contribution in [0.4, 0.5) is 0 Å². The SMILES string of the molecule is Cc1cc(C(=O)COC(=O)CCS(=O)(=O)c2ccccc2)c(C)s1. The van der Waals surface area contributed by atoms with Crippen molar-refractivity contribution in [3.63, 3.8) is 0 Å². The fourth-order valence-corrected chi connectivity index (χ4v) is 4.35. The first-order valence-corrected chi connectivity index (χ1v) is 9.80. The van der Waals surface area contributed by atoms with E-state index in [0.717, 1.165) is 9.75 Å². The second kappa shape index (κ2) is 7.72. The molecule has 0 amide bonds. The second-order valence-electron chi connectivity index (χ2n) is 5.29. The van der Waals surface area contributed by atoms with Gasteiger partial charge in [0.2, 0.25) is 5.78 Å². The molecule has 0 aliphatic heterocycles. The fraction of sp³-hybridized carbons (Fsp3) is 0.294. The van der Waals surface area contributed by atoms with Crippen molar-refractivity contribution >= 4 is 32.9 Å². The lowest BCUT2D eigenvalue weighted by molar-refractivity contribution is -0.142. The van der Waals surface area contributed by atoms with Crippen molar-refractivity contribution in [3.8, 4) is 0 Å². The van der Waals surface area contributed by atoms with E-state index in [-0.39, 0.29) is 29.5 Å². The van der Waals surface area contributed by atoms with Crippen LogP contribution < -0.4 is 0 Å². The lowest BCUT2D eigenvalue weighted by Crippen LogP contribution is -2.17. The van der Waals surface area contributed by atoms with Crippen LogP contribution in [0.2, 0.25) is 0 Å². The average Bonchev–Trinajstić information content (AvgIpc) is 2.90. The minimum Gasteiger partial charge on any atom is -0.457 e. The highest BCUT2D eigenvalue weighted by molar-refractivity contribution is 7.91. The van der Waals surface area contributed by atoms with Gasteiger partial charge in [-0.2, -0.15) is 0 Å². The number of Topliss-reactive ketones (excluding diaryl/α,β-unsaturated/α-hetero) is 1. The monoisotopic (exact) mass is 366 g/mol. The van der Waals surface area contributed by atoms with Crippen LogP contribution in [-0.4, -0.2) is 32.5 Å². The van der Waals surface area contributed by atoms with E-state index < -0.39 is 15.8 Å². The van der Waals surface area contributed by atoms with E-state index in [2.05, 4.69) is 0 Å². The van der Waals surface area contributed by atoms with Crippen molar-refractivity contribution in [2.75, 3.05) is 12.4 Å². The summed E-state index contributed by atoms with van der Waals surface area (Å²) < 4.78 is 29.0. The normalized spacial score (nSPS) is 11.2. The highest BCUT2D eigenvalue weighted by atomic mass is 32.2. The molecule has 5 nitrogen and oxygen atoms in total. The zero-order valence-corrected chi connectivity index (χ0v) is 15.1. The van der Waals surface area contributed by atoms with Gasteiger partial charge in [0.05, 0.1) is 17.1 Å². The first kappa shape index (κ1) is 18.4. The van der Waals surface area contributed by atoms with Gasteiger partial charge >= 0.3 is 5.97 Å². The van der Waals surface area contributed by atoms with Gasteiger partial charge in [0.15, 0.2) is 16.4 Å². The van der Waals surface area contributed by atoms with E-state index in [4.69, 9.17) is 4.74 Å². The lowest BCUT2D eigenvalue weighted by atomic mass is 10.2. The molecule has 7 heteroatoms. The highest BCUT2D eigenvalue weighted by Crippen LogP contribution is 2.21. The molecular formula is C17H18O5S2. The minimum absolute atomic E-state index is 0.165. The summed E-state index contributed by atoms with van der Waals surface area (Å²) in [4.78, 5) is 25.8. The van der Waals surface area contributed by atoms with Crippen LogP contribution >= 0.6 is 11.3 Å². The average molecular weight is 366 g/mol. The van der Waals surface area contributed by atoms with Crippen LogP contribution in [0, 0.1) is 13.8 Å². The topological polar surface area (TPSA) is 77.5 Å². The van der Waals surface area contributed by atoms with Crippen LogP contribution in [0.5, 0.6) is 0 Å². The summed E-state index contributed by atoms with van der Waals surface area (Å²) in [6.07, 6.45) is -0.286. The van der Waals surface area contributed by atoms with E-state index in [9.17, 15) is 18.0 Å². The summed E-state index contributed by atoms with van der Waals surface area (Å²) in [6, 6.07) is 9.67. The maximum Gasteiger partial charge on any atom is 0.307 e. The number of ether oxygens (including phenoxy) is 1. The Morgan fingerprint density at radius 2 is 1.79 bits per heavy atom. The van der Waals surface area contributed by atoms with Gasteiger partial charge in [0.25, 0.3) is 0 Å². The van der Waals surface area contributed by atoms with Crippen molar-refractivity contribution in [2.24, 2.45) is 0 Å². The molecule has 0 atom stereocenters. The van der Waals surface area contributed by atoms with Crippen molar-refractivity contribution < 1.29 is 22.7 Å². The van der Waals surface area contributed by atoms with Crippen LogP contribution in [0.1, 0.15) is 26.5 Å². The second-order valence-corrected chi connectivity index (χ2v) is 8.86. The maximum absolute atomic E-state index is 12.1. The minimum atomic E-state index is -3.53. The summed E-state index contributed by atoms with van der Waals surface area (Å²) in [5, 5.41) is 0. The van der Waals surface area contributed by atoms with E-state index >= 15 is 0 Å². The van der Waals surface area contributed by atoms with Crippen molar-refractivity contribution in [1.29, 1.82) is 0 Å². The largest absolute Gasteiger partial charge is 0.457 e. The molecule has 0 aliphatic rings. The number of carbonyl (C=O) groups excluding carboxylic acids is 2. The van der Waals surface area contributed by atoms with Gasteiger partial charge in [0.1, 0.15) is 0 Å². The van der Waals surface area contributed by atoms with Crippen LogP contribution in [0.15, 0.2) is 41.3 Å². The third-order valence-corrected chi connectivity index (χ3v) is 6.08. The molecule has 128 valence electrons. The Kier molecular flexibility index (Phi) is 5.90. The van der Waals surface area contributed by atoms with Gasteiger partial charge < -0.3 is 4.74 Å².